The van der Waals surface area contributed by atoms with E-state index in [0.29, 0.717) is 0 Å². The van der Waals surface area contributed by atoms with Crippen LogP contribution in [0.3, 0.4) is 0 Å². The van der Waals surface area contributed by atoms with Crippen LogP contribution in [0.15, 0.2) is 48.5 Å². The van der Waals surface area contributed by atoms with Crippen LogP contribution in [-0.4, -0.2) is 9.55 Å². The topological polar surface area (TPSA) is 17.8 Å². The number of hydrogen-bond acceptors (Lipinski definition) is 1. The lowest BCUT2D eigenvalue weighted by molar-refractivity contribution is 0.816. The third-order valence-corrected chi connectivity index (χ3v) is 2.97. The maximum Gasteiger partial charge on any atom is 0.177 e. The Morgan fingerprint density at radius 3 is 2.65 bits per heavy atom. The lowest BCUT2D eigenvalue weighted by atomic mass is 10.2. The monoisotopic (exact) mass is 241 g/mol. The molecule has 0 aliphatic heterocycles. The van der Waals surface area contributed by atoms with Gasteiger partial charge < -0.3 is 4.57 Å². The number of para-hydroxylation sites is 2. The average molecular weight is 242 g/mol. The van der Waals surface area contributed by atoms with E-state index >= 15 is 0 Å². The van der Waals surface area contributed by atoms with Gasteiger partial charge in [-0.25, -0.2) is 4.98 Å². The molecule has 0 saturated heterocycles. The van der Waals surface area contributed by atoms with E-state index in [0.717, 1.165) is 22.6 Å². The van der Waals surface area contributed by atoms with Crippen molar-refractivity contribution in [3.05, 3.63) is 65.4 Å². The highest BCUT2D eigenvalue weighted by molar-refractivity contribution is 6.30. The predicted octanol–water partition coefficient (Wildman–Crippen LogP) is 3.54. The molecule has 0 atom stereocenters. The van der Waals surface area contributed by atoms with Gasteiger partial charge in [0.05, 0.1) is 11.0 Å². The Labute approximate surface area is 104 Å². The highest BCUT2D eigenvalue weighted by atomic mass is 35.5. The number of benzene rings is 2. The van der Waals surface area contributed by atoms with E-state index in [1.807, 2.05) is 47.0 Å². The van der Waals surface area contributed by atoms with E-state index in [4.69, 9.17) is 11.6 Å². The average Bonchev–Trinajstić information content (AvgIpc) is 2.76. The molecule has 0 bridgehead atoms. The summed E-state index contributed by atoms with van der Waals surface area (Å²) in [5, 5.41) is 0.758. The molecule has 0 fully saturated rings. The zero-order chi connectivity index (χ0) is 11.7. The molecule has 3 heteroatoms. The maximum absolute atomic E-state index is 5.86. The quantitative estimate of drug-likeness (QED) is 0.671. The van der Waals surface area contributed by atoms with Gasteiger partial charge in [0.1, 0.15) is 0 Å². The number of fused-ring (bicyclic) bond motifs is 1. The van der Waals surface area contributed by atoms with Crippen molar-refractivity contribution in [2.24, 2.45) is 0 Å². The summed E-state index contributed by atoms with van der Waals surface area (Å²) in [6, 6.07) is 15.9. The molecule has 17 heavy (non-hydrogen) atoms. The molecule has 1 aromatic heterocycles. The lowest BCUT2D eigenvalue weighted by Gasteiger charge is -2.03. The second kappa shape index (κ2) is 4.22. The van der Waals surface area contributed by atoms with Gasteiger partial charge >= 0.3 is 0 Å². The van der Waals surface area contributed by atoms with E-state index < -0.39 is 0 Å². The Balaban J connectivity index is 1.97. The van der Waals surface area contributed by atoms with Crippen LogP contribution >= 0.6 is 11.6 Å². The zero-order valence-electron chi connectivity index (χ0n) is 9.10. The smallest absolute Gasteiger partial charge is 0.177 e. The molecule has 0 aliphatic rings. The molecule has 1 heterocycles. The number of imidazole rings is 1. The summed E-state index contributed by atoms with van der Waals surface area (Å²) in [6.07, 6.45) is 3.01. The molecule has 1 radical (unpaired) electrons. The van der Waals surface area contributed by atoms with Crippen molar-refractivity contribution in [3.63, 3.8) is 0 Å². The summed E-state index contributed by atoms with van der Waals surface area (Å²) in [4.78, 5) is 4.24. The van der Waals surface area contributed by atoms with E-state index in [1.165, 1.54) is 5.56 Å². The first-order valence-electron chi connectivity index (χ1n) is 5.40. The molecule has 0 N–H and O–H groups in total. The van der Waals surface area contributed by atoms with Crippen LogP contribution in [0.25, 0.3) is 11.0 Å². The van der Waals surface area contributed by atoms with Crippen LogP contribution in [0, 0.1) is 6.33 Å². The summed E-state index contributed by atoms with van der Waals surface area (Å²) in [5.41, 5.74) is 3.26. The highest BCUT2D eigenvalue weighted by Crippen LogP contribution is 2.15. The van der Waals surface area contributed by atoms with Crippen molar-refractivity contribution < 1.29 is 0 Å². The van der Waals surface area contributed by atoms with Gasteiger partial charge in [-0.05, 0) is 29.8 Å². The van der Waals surface area contributed by atoms with Gasteiger partial charge in [0.15, 0.2) is 6.33 Å². The third-order valence-electron chi connectivity index (χ3n) is 2.72. The first-order valence-corrected chi connectivity index (χ1v) is 5.78. The van der Waals surface area contributed by atoms with Crippen LogP contribution in [0.5, 0.6) is 0 Å². The fourth-order valence-electron chi connectivity index (χ4n) is 1.85. The van der Waals surface area contributed by atoms with Crippen molar-refractivity contribution in [2.75, 3.05) is 0 Å². The molecule has 2 nitrogen and oxygen atoms in total. The number of aromatic nitrogens is 2. The highest BCUT2D eigenvalue weighted by Gasteiger charge is 2.02. The number of rotatable bonds is 2. The molecule has 2 aromatic carbocycles. The molecule has 0 saturated carbocycles. The van der Waals surface area contributed by atoms with Gasteiger partial charge in [0, 0.05) is 11.6 Å². The number of halogens is 1. The largest absolute Gasteiger partial charge is 0.317 e. The molecular weight excluding hydrogens is 232 g/mol. The minimum Gasteiger partial charge on any atom is -0.317 e. The van der Waals surface area contributed by atoms with Gasteiger partial charge in [0.25, 0.3) is 0 Å². The lowest BCUT2D eigenvalue weighted by Crippen LogP contribution is -1.97. The zero-order valence-corrected chi connectivity index (χ0v) is 9.85. The number of hydrogen-bond donors (Lipinski definition) is 0. The molecule has 0 amide bonds. The second-order valence-electron chi connectivity index (χ2n) is 3.91. The minimum atomic E-state index is 0.758. The van der Waals surface area contributed by atoms with E-state index in [-0.39, 0.29) is 0 Å². The van der Waals surface area contributed by atoms with Crippen LogP contribution in [0.2, 0.25) is 5.02 Å². The van der Waals surface area contributed by atoms with Gasteiger partial charge in [-0.1, -0.05) is 35.9 Å². The predicted molar refractivity (Wildman–Crippen MR) is 69.1 cm³/mol. The SMILES string of the molecule is Clc1ccc(Cn2[c]nc3ccccc32)cc1. The molecule has 0 unspecified atom stereocenters. The van der Waals surface area contributed by atoms with Crippen LogP contribution in [0.1, 0.15) is 5.56 Å². The van der Waals surface area contributed by atoms with Gasteiger partial charge in [0.2, 0.25) is 0 Å². The molecule has 3 aromatic rings. The van der Waals surface area contributed by atoms with Crippen molar-refractivity contribution in [3.8, 4) is 0 Å². The summed E-state index contributed by atoms with van der Waals surface area (Å²) >= 11 is 5.86. The Morgan fingerprint density at radius 2 is 1.82 bits per heavy atom. The third kappa shape index (κ3) is 2.04. The van der Waals surface area contributed by atoms with Crippen molar-refractivity contribution in [1.29, 1.82) is 0 Å². The van der Waals surface area contributed by atoms with Crippen LogP contribution in [0.4, 0.5) is 0 Å². The van der Waals surface area contributed by atoms with E-state index in [1.54, 1.807) is 0 Å². The van der Waals surface area contributed by atoms with Crippen molar-refractivity contribution >= 4 is 22.6 Å². The fraction of sp³-hybridized carbons (Fsp3) is 0.0714. The normalized spacial score (nSPS) is 10.9. The van der Waals surface area contributed by atoms with E-state index in [9.17, 15) is 0 Å². The number of nitrogens with zero attached hydrogens (tertiary/aromatic N) is 2. The standard InChI is InChI=1S/C14H10ClN2/c15-12-7-5-11(6-8-12)9-17-10-16-13-3-1-2-4-14(13)17/h1-8H,9H2. The van der Waals surface area contributed by atoms with Crippen molar-refractivity contribution in [1.82, 2.24) is 9.55 Å². The van der Waals surface area contributed by atoms with Gasteiger partial charge in [-0.15, -0.1) is 0 Å². The molecule has 0 aliphatic carbocycles. The van der Waals surface area contributed by atoms with Gasteiger partial charge in [-0.2, -0.15) is 0 Å². The Morgan fingerprint density at radius 1 is 1.06 bits per heavy atom. The van der Waals surface area contributed by atoms with Crippen molar-refractivity contribution in [2.45, 2.75) is 6.54 Å². The fourth-order valence-corrected chi connectivity index (χ4v) is 1.97. The Hall–Kier alpha value is -1.80. The molecule has 0 spiro atoms. The summed E-state index contributed by atoms with van der Waals surface area (Å²) in [7, 11) is 0. The summed E-state index contributed by atoms with van der Waals surface area (Å²) in [5.74, 6) is 0. The first-order chi connectivity index (χ1) is 8.33. The van der Waals surface area contributed by atoms with Crippen LogP contribution in [-0.2, 0) is 6.54 Å². The maximum atomic E-state index is 5.86. The minimum absolute atomic E-state index is 0.758. The second-order valence-corrected chi connectivity index (χ2v) is 4.35. The Bertz CT molecular complexity index is 641. The molecular formula is C14H10ClN2. The summed E-state index contributed by atoms with van der Waals surface area (Å²) in [6.45, 7) is 0.762. The summed E-state index contributed by atoms with van der Waals surface area (Å²) < 4.78 is 2.01. The van der Waals surface area contributed by atoms with E-state index in [2.05, 4.69) is 17.4 Å². The van der Waals surface area contributed by atoms with Crippen LogP contribution < -0.4 is 0 Å². The first kappa shape index (κ1) is 10.4. The Kier molecular flexibility index (Phi) is 2.57. The molecule has 3 rings (SSSR count). The van der Waals surface area contributed by atoms with Gasteiger partial charge in [-0.3, -0.25) is 0 Å². The molecule has 83 valence electrons.